The zero-order chi connectivity index (χ0) is 8.65. The second-order valence-electron chi connectivity index (χ2n) is 3.61. The van der Waals surface area contributed by atoms with E-state index in [9.17, 15) is 4.79 Å². The molecule has 1 aliphatic heterocycles. The molecule has 1 unspecified atom stereocenters. The van der Waals surface area contributed by atoms with Gasteiger partial charge in [-0.3, -0.25) is 4.79 Å². The highest BCUT2D eigenvalue weighted by molar-refractivity contribution is 5.97. The molecule has 1 heterocycles. The van der Waals surface area contributed by atoms with Crippen LogP contribution in [0.2, 0.25) is 0 Å². The number of rotatable bonds is 0. The molecular formula is C9H14O2. The van der Waals surface area contributed by atoms with Crippen LogP contribution in [0.5, 0.6) is 0 Å². The van der Waals surface area contributed by atoms with Crippen molar-refractivity contribution in [2.24, 2.45) is 5.92 Å². The van der Waals surface area contributed by atoms with Crippen molar-refractivity contribution in [3.05, 3.63) is 11.8 Å². The van der Waals surface area contributed by atoms with E-state index in [2.05, 4.69) is 0 Å². The van der Waals surface area contributed by atoms with E-state index < -0.39 is 0 Å². The largest absolute Gasteiger partial charge is 0.494 e. The van der Waals surface area contributed by atoms with Gasteiger partial charge < -0.3 is 4.74 Å². The summed E-state index contributed by atoms with van der Waals surface area (Å²) in [5.41, 5.74) is 0.383. The Kier molecular flexibility index (Phi) is 1.78. The molecule has 0 bridgehead atoms. The molecular weight excluding hydrogens is 140 g/mol. The Bertz CT molecular complexity index is 214. The summed E-state index contributed by atoms with van der Waals surface area (Å²) >= 11 is 0. The Morgan fingerprint density at radius 2 is 2.09 bits per heavy atom. The number of carbonyl (C=O) groups is 1. The van der Waals surface area contributed by atoms with E-state index in [4.69, 9.17) is 4.74 Å². The van der Waals surface area contributed by atoms with Crippen molar-refractivity contribution in [1.82, 2.24) is 0 Å². The van der Waals surface area contributed by atoms with E-state index >= 15 is 0 Å². The van der Waals surface area contributed by atoms with E-state index in [1.807, 2.05) is 20.8 Å². The van der Waals surface area contributed by atoms with E-state index in [0.29, 0.717) is 0 Å². The quantitative estimate of drug-likeness (QED) is 0.532. The van der Waals surface area contributed by atoms with Crippen molar-refractivity contribution in [2.45, 2.75) is 33.3 Å². The van der Waals surface area contributed by atoms with Gasteiger partial charge in [-0.05, 0) is 20.8 Å². The van der Waals surface area contributed by atoms with Gasteiger partial charge in [0.2, 0.25) is 0 Å². The molecule has 0 aromatic carbocycles. The lowest BCUT2D eigenvalue weighted by Crippen LogP contribution is -2.39. The molecule has 11 heavy (non-hydrogen) atoms. The monoisotopic (exact) mass is 154 g/mol. The van der Waals surface area contributed by atoms with E-state index in [1.54, 1.807) is 13.2 Å². The molecule has 2 nitrogen and oxygen atoms in total. The molecule has 0 aliphatic carbocycles. The lowest BCUT2D eigenvalue weighted by molar-refractivity contribution is -0.129. The molecule has 0 amide bonds. The summed E-state index contributed by atoms with van der Waals surface area (Å²) in [7, 11) is 0. The van der Waals surface area contributed by atoms with Crippen LogP contribution in [0.1, 0.15) is 27.7 Å². The molecule has 1 rings (SSSR count). The van der Waals surface area contributed by atoms with E-state index in [-0.39, 0.29) is 17.3 Å². The maximum Gasteiger partial charge on any atom is 0.168 e. The van der Waals surface area contributed by atoms with Crippen molar-refractivity contribution in [1.29, 1.82) is 0 Å². The summed E-state index contributed by atoms with van der Waals surface area (Å²) < 4.78 is 5.38. The molecule has 1 aliphatic rings. The van der Waals surface area contributed by atoms with Crippen LogP contribution in [0, 0.1) is 5.92 Å². The molecule has 0 aromatic rings. The smallest absolute Gasteiger partial charge is 0.168 e. The van der Waals surface area contributed by atoms with Crippen molar-refractivity contribution < 1.29 is 9.53 Å². The fraction of sp³-hybridized carbons (Fsp3) is 0.667. The third-order valence-corrected chi connectivity index (χ3v) is 2.36. The molecule has 62 valence electrons. The number of ketones is 1. The number of ether oxygens (including phenoxy) is 1. The van der Waals surface area contributed by atoms with Crippen molar-refractivity contribution in [2.75, 3.05) is 0 Å². The fourth-order valence-electron chi connectivity index (χ4n) is 1.06. The minimum Gasteiger partial charge on any atom is -0.494 e. The zero-order valence-corrected chi connectivity index (χ0v) is 7.47. The number of hydrogen-bond donors (Lipinski definition) is 0. The average molecular weight is 154 g/mol. The maximum absolute atomic E-state index is 11.4. The van der Waals surface area contributed by atoms with Crippen molar-refractivity contribution in [3.63, 3.8) is 0 Å². The molecule has 0 spiro atoms. The number of hydrogen-bond acceptors (Lipinski definition) is 2. The average Bonchev–Trinajstić information content (AvgIpc) is 1.95. The predicted molar refractivity (Wildman–Crippen MR) is 43.1 cm³/mol. The standard InChI is InChI=1S/C9H14O2/c1-6-5-11-9(3,4)7(2)8(6)10/h5,7H,1-4H3. The van der Waals surface area contributed by atoms with Crippen LogP contribution in [0.25, 0.3) is 0 Å². The van der Waals surface area contributed by atoms with Gasteiger partial charge in [-0.2, -0.15) is 0 Å². The lowest BCUT2D eigenvalue weighted by Gasteiger charge is -2.34. The third-order valence-electron chi connectivity index (χ3n) is 2.36. The highest BCUT2D eigenvalue weighted by atomic mass is 16.5. The number of carbonyl (C=O) groups excluding carboxylic acids is 1. The Balaban J connectivity index is 2.94. The first-order valence-electron chi connectivity index (χ1n) is 3.84. The van der Waals surface area contributed by atoms with Crippen molar-refractivity contribution >= 4 is 5.78 Å². The maximum atomic E-state index is 11.4. The van der Waals surface area contributed by atoms with Gasteiger partial charge in [-0.1, -0.05) is 6.92 Å². The number of Topliss-reactive ketones (excluding diaryl/α,β-unsaturated/α-hetero) is 1. The van der Waals surface area contributed by atoms with Crippen LogP contribution in [-0.2, 0) is 9.53 Å². The summed E-state index contributed by atoms with van der Waals surface area (Å²) in [6, 6.07) is 0. The first-order valence-corrected chi connectivity index (χ1v) is 3.84. The van der Waals surface area contributed by atoms with Gasteiger partial charge in [0.05, 0.1) is 12.2 Å². The van der Waals surface area contributed by atoms with Gasteiger partial charge in [-0.15, -0.1) is 0 Å². The van der Waals surface area contributed by atoms with Gasteiger partial charge >= 0.3 is 0 Å². The topological polar surface area (TPSA) is 26.3 Å². The molecule has 2 heteroatoms. The highest BCUT2D eigenvalue weighted by Crippen LogP contribution is 2.28. The highest BCUT2D eigenvalue weighted by Gasteiger charge is 2.36. The van der Waals surface area contributed by atoms with E-state index in [0.717, 1.165) is 5.57 Å². The lowest BCUT2D eigenvalue weighted by atomic mass is 9.84. The van der Waals surface area contributed by atoms with Gasteiger partial charge in [0, 0.05) is 5.57 Å². The number of allylic oxidation sites excluding steroid dienone is 1. The van der Waals surface area contributed by atoms with Crippen LogP contribution in [0.3, 0.4) is 0 Å². The first kappa shape index (κ1) is 8.31. The van der Waals surface area contributed by atoms with Crippen molar-refractivity contribution in [3.8, 4) is 0 Å². The molecule has 0 saturated heterocycles. The summed E-state index contributed by atoms with van der Waals surface area (Å²) in [6.07, 6.45) is 1.56. The molecule has 0 aromatic heterocycles. The third kappa shape index (κ3) is 1.30. The normalized spacial score (nSPS) is 29.3. The fourth-order valence-corrected chi connectivity index (χ4v) is 1.06. The Hall–Kier alpha value is -0.790. The van der Waals surface area contributed by atoms with E-state index in [1.165, 1.54) is 0 Å². The zero-order valence-electron chi connectivity index (χ0n) is 7.47. The summed E-state index contributed by atoms with van der Waals surface area (Å²) in [6.45, 7) is 7.55. The van der Waals surface area contributed by atoms with Crippen LogP contribution >= 0.6 is 0 Å². The Morgan fingerprint density at radius 3 is 2.55 bits per heavy atom. The summed E-state index contributed by atoms with van der Waals surface area (Å²) in [5.74, 6) is 0.161. The Labute approximate surface area is 67.2 Å². The van der Waals surface area contributed by atoms with Crippen LogP contribution < -0.4 is 0 Å². The van der Waals surface area contributed by atoms with Gasteiger partial charge in [0.1, 0.15) is 5.60 Å². The van der Waals surface area contributed by atoms with Crippen LogP contribution in [-0.4, -0.2) is 11.4 Å². The first-order chi connectivity index (χ1) is 4.95. The SMILES string of the molecule is CC1=COC(C)(C)C(C)C1=O. The second-order valence-corrected chi connectivity index (χ2v) is 3.61. The predicted octanol–water partition coefficient (Wildman–Crippen LogP) is 1.90. The van der Waals surface area contributed by atoms with Gasteiger partial charge in [-0.25, -0.2) is 0 Å². The summed E-state index contributed by atoms with van der Waals surface area (Å²) in [4.78, 5) is 11.4. The molecule has 0 saturated carbocycles. The second kappa shape index (κ2) is 2.36. The molecule has 1 atom stereocenters. The van der Waals surface area contributed by atoms with Crippen LogP contribution in [0.4, 0.5) is 0 Å². The minimum absolute atomic E-state index is 0.0347. The molecule has 0 N–H and O–H groups in total. The summed E-state index contributed by atoms with van der Waals surface area (Å²) in [5, 5.41) is 0. The minimum atomic E-state index is -0.337. The van der Waals surface area contributed by atoms with Crippen LogP contribution in [0.15, 0.2) is 11.8 Å². The Morgan fingerprint density at radius 1 is 1.55 bits per heavy atom. The molecule has 0 fully saturated rings. The molecule has 0 radical (unpaired) electrons. The van der Waals surface area contributed by atoms with Gasteiger partial charge in [0.15, 0.2) is 5.78 Å². The van der Waals surface area contributed by atoms with Gasteiger partial charge in [0.25, 0.3) is 0 Å².